The molecule has 2 aliphatic heterocycles. The van der Waals surface area contributed by atoms with E-state index in [9.17, 15) is 14.7 Å². The molecule has 2 saturated heterocycles. The molecule has 1 amide bonds. The van der Waals surface area contributed by atoms with Crippen LogP contribution in [0.15, 0.2) is 0 Å². The van der Waals surface area contributed by atoms with Crippen LogP contribution in [0, 0.1) is 16.7 Å². The average Bonchev–Trinajstić information content (AvgIpc) is 2.90. The summed E-state index contributed by atoms with van der Waals surface area (Å²) in [6, 6.07) is 0. The second-order valence-electron chi connectivity index (χ2n) is 6.61. The van der Waals surface area contributed by atoms with E-state index < -0.39 is 11.4 Å². The highest BCUT2D eigenvalue weighted by Gasteiger charge is 2.59. The Labute approximate surface area is 112 Å². The molecule has 0 aromatic rings. The van der Waals surface area contributed by atoms with Gasteiger partial charge in [0.05, 0.1) is 5.41 Å². The Morgan fingerprint density at radius 1 is 1.26 bits per heavy atom. The first kappa shape index (κ1) is 12.9. The van der Waals surface area contributed by atoms with Crippen molar-refractivity contribution in [3.63, 3.8) is 0 Å². The molecule has 2 heterocycles. The number of carbonyl (C=O) groups excluding carboxylic acids is 1. The standard InChI is InChI=1S/C14H21NO4/c1-13(12(17)18)2-5-15(9-13)11(16)10-8-14(10)3-6-19-7-4-14/h10H,2-9H2,1H3,(H,17,18)/t10-,13-/m1/s1. The highest BCUT2D eigenvalue weighted by molar-refractivity contribution is 5.84. The van der Waals surface area contributed by atoms with Crippen LogP contribution in [0.3, 0.4) is 0 Å². The third kappa shape index (κ3) is 2.04. The minimum Gasteiger partial charge on any atom is -0.481 e. The van der Waals surface area contributed by atoms with E-state index >= 15 is 0 Å². The number of rotatable bonds is 2. The molecule has 3 rings (SSSR count). The Morgan fingerprint density at radius 3 is 2.53 bits per heavy atom. The van der Waals surface area contributed by atoms with Gasteiger partial charge in [0.1, 0.15) is 0 Å². The van der Waals surface area contributed by atoms with Gasteiger partial charge in [-0.25, -0.2) is 0 Å². The van der Waals surface area contributed by atoms with Crippen molar-refractivity contribution in [1.29, 1.82) is 0 Å². The zero-order valence-electron chi connectivity index (χ0n) is 11.4. The number of ether oxygens (including phenoxy) is 1. The molecule has 1 N–H and O–H groups in total. The summed E-state index contributed by atoms with van der Waals surface area (Å²) in [5.41, 5.74) is -0.578. The topological polar surface area (TPSA) is 66.8 Å². The van der Waals surface area contributed by atoms with Crippen molar-refractivity contribution in [3.8, 4) is 0 Å². The van der Waals surface area contributed by atoms with Gasteiger partial charge in [-0.2, -0.15) is 0 Å². The Morgan fingerprint density at radius 2 is 1.95 bits per heavy atom. The summed E-state index contributed by atoms with van der Waals surface area (Å²) in [4.78, 5) is 25.5. The zero-order valence-corrected chi connectivity index (χ0v) is 11.4. The van der Waals surface area contributed by atoms with Crippen LogP contribution in [-0.2, 0) is 14.3 Å². The lowest BCUT2D eigenvalue weighted by atomic mass is 9.90. The summed E-state index contributed by atoms with van der Waals surface area (Å²) in [6.07, 6.45) is 3.49. The average molecular weight is 267 g/mol. The predicted octanol–water partition coefficient (Wildman–Crippen LogP) is 1.13. The van der Waals surface area contributed by atoms with E-state index in [0.717, 1.165) is 32.5 Å². The molecule has 0 aromatic heterocycles. The van der Waals surface area contributed by atoms with E-state index in [4.69, 9.17) is 4.74 Å². The first-order valence-corrected chi connectivity index (χ1v) is 7.07. The van der Waals surface area contributed by atoms with E-state index in [1.54, 1.807) is 11.8 Å². The van der Waals surface area contributed by atoms with Crippen molar-refractivity contribution in [2.45, 2.75) is 32.6 Å². The molecule has 3 fully saturated rings. The summed E-state index contributed by atoms with van der Waals surface area (Å²) in [6.45, 7) is 4.21. The molecular formula is C14H21NO4. The van der Waals surface area contributed by atoms with Crippen LogP contribution in [0.25, 0.3) is 0 Å². The summed E-state index contributed by atoms with van der Waals surface area (Å²) in [7, 11) is 0. The van der Waals surface area contributed by atoms with E-state index in [1.807, 2.05) is 0 Å². The predicted molar refractivity (Wildman–Crippen MR) is 67.5 cm³/mol. The maximum Gasteiger partial charge on any atom is 0.311 e. The Bertz CT molecular complexity index is 416. The van der Waals surface area contributed by atoms with E-state index in [2.05, 4.69) is 0 Å². The largest absolute Gasteiger partial charge is 0.481 e. The minimum absolute atomic E-state index is 0.118. The summed E-state index contributed by atoms with van der Waals surface area (Å²) >= 11 is 0. The Hall–Kier alpha value is -1.10. The number of hydrogen-bond donors (Lipinski definition) is 1. The number of carboxylic acid groups (broad SMARTS) is 1. The zero-order chi connectivity index (χ0) is 13.7. The van der Waals surface area contributed by atoms with E-state index in [1.165, 1.54) is 0 Å². The van der Waals surface area contributed by atoms with Gasteiger partial charge in [-0.15, -0.1) is 0 Å². The lowest BCUT2D eigenvalue weighted by Gasteiger charge is -2.25. The second kappa shape index (κ2) is 4.20. The maximum absolute atomic E-state index is 12.5. The summed E-state index contributed by atoms with van der Waals surface area (Å²) in [5.74, 6) is -0.501. The van der Waals surface area contributed by atoms with Crippen LogP contribution in [0.2, 0.25) is 0 Å². The third-order valence-corrected chi connectivity index (χ3v) is 5.28. The number of amides is 1. The molecule has 19 heavy (non-hydrogen) atoms. The molecule has 0 aromatic carbocycles. The van der Waals surface area contributed by atoms with Crippen molar-refractivity contribution < 1.29 is 19.4 Å². The highest BCUT2D eigenvalue weighted by Crippen LogP contribution is 2.60. The fraction of sp³-hybridized carbons (Fsp3) is 0.857. The number of aliphatic carboxylic acids is 1. The molecule has 106 valence electrons. The molecule has 1 aliphatic carbocycles. The van der Waals surface area contributed by atoms with Crippen LogP contribution >= 0.6 is 0 Å². The number of carbonyl (C=O) groups is 2. The maximum atomic E-state index is 12.5. The number of hydrogen-bond acceptors (Lipinski definition) is 3. The van der Waals surface area contributed by atoms with Gasteiger partial charge >= 0.3 is 5.97 Å². The third-order valence-electron chi connectivity index (χ3n) is 5.28. The fourth-order valence-electron chi connectivity index (χ4n) is 3.57. The van der Waals surface area contributed by atoms with Crippen LogP contribution in [-0.4, -0.2) is 48.2 Å². The van der Waals surface area contributed by atoms with Gasteiger partial charge in [0, 0.05) is 32.2 Å². The van der Waals surface area contributed by atoms with Crippen molar-refractivity contribution in [1.82, 2.24) is 4.90 Å². The lowest BCUT2D eigenvalue weighted by Crippen LogP contribution is -2.37. The Kier molecular flexibility index (Phi) is 2.85. The quantitative estimate of drug-likeness (QED) is 0.814. The van der Waals surface area contributed by atoms with Gasteiger partial charge in [0.2, 0.25) is 5.91 Å². The normalized spacial score (nSPS) is 36.5. The van der Waals surface area contributed by atoms with Crippen molar-refractivity contribution >= 4 is 11.9 Å². The van der Waals surface area contributed by atoms with Gasteiger partial charge in [-0.1, -0.05) is 0 Å². The molecule has 5 nitrogen and oxygen atoms in total. The fourth-order valence-corrected chi connectivity index (χ4v) is 3.57. The molecular weight excluding hydrogens is 246 g/mol. The van der Waals surface area contributed by atoms with E-state index in [0.29, 0.717) is 19.5 Å². The molecule has 0 bridgehead atoms. The van der Waals surface area contributed by atoms with Gasteiger partial charge in [-0.05, 0) is 38.0 Å². The molecule has 5 heteroatoms. The van der Waals surface area contributed by atoms with Crippen LogP contribution in [0.5, 0.6) is 0 Å². The first-order chi connectivity index (χ1) is 8.97. The number of carboxylic acids is 1. The van der Waals surface area contributed by atoms with Gasteiger partial charge in [0.25, 0.3) is 0 Å². The van der Waals surface area contributed by atoms with E-state index in [-0.39, 0.29) is 17.2 Å². The number of nitrogens with zero attached hydrogens (tertiary/aromatic N) is 1. The second-order valence-corrected chi connectivity index (χ2v) is 6.61. The SMILES string of the molecule is C[C@@]1(C(=O)O)CCN(C(=O)[C@H]2CC23CCOCC3)C1. The molecule has 0 radical (unpaired) electrons. The number of likely N-dealkylation sites (tertiary alicyclic amines) is 1. The minimum atomic E-state index is -0.792. The van der Waals surface area contributed by atoms with Crippen molar-refractivity contribution in [2.24, 2.45) is 16.7 Å². The smallest absolute Gasteiger partial charge is 0.311 e. The summed E-state index contributed by atoms with van der Waals surface area (Å²) in [5, 5.41) is 9.21. The first-order valence-electron chi connectivity index (χ1n) is 7.07. The molecule has 0 unspecified atom stereocenters. The molecule has 2 atom stereocenters. The lowest BCUT2D eigenvalue weighted by molar-refractivity contribution is -0.147. The van der Waals surface area contributed by atoms with Gasteiger partial charge in [0.15, 0.2) is 0 Å². The van der Waals surface area contributed by atoms with Crippen LogP contribution in [0.4, 0.5) is 0 Å². The van der Waals surface area contributed by atoms with Crippen molar-refractivity contribution in [3.05, 3.63) is 0 Å². The van der Waals surface area contributed by atoms with Crippen molar-refractivity contribution in [2.75, 3.05) is 26.3 Å². The molecule has 1 spiro atoms. The molecule has 1 saturated carbocycles. The van der Waals surface area contributed by atoms with Gasteiger partial charge < -0.3 is 14.7 Å². The highest BCUT2D eigenvalue weighted by atomic mass is 16.5. The van der Waals surface area contributed by atoms with Gasteiger partial charge in [-0.3, -0.25) is 9.59 Å². The Balaban J connectivity index is 1.63. The summed E-state index contributed by atoms with van der Waals surface area (Å²) < 4.78 is 5.36. The van der Waals surface area contributed by atoms with Crippen LogP contribution in [0.1, 0.15) is 32.6 Å². The van der Waals surface area contributed by atoms with Crippen LogP contribution < -0.4 is 0 Å². The molecule has 3 aliphatic rings. The monoisotopic (exact) mass is 267 g/mol.